The van der Waals surface area contributed by atoms with Crippen molar-refractivity contribution in [3.63, 3.8) is 0 Å². The summed E-state index contributed by atoms with van der Waals surface area (Å²) in [4.78, 5) is 2.52. The monoisotopic (exact) mass is 422 g/mol. The molecule has 0 spiro atoms. The number of fused-ring (bicyclic) bond motifs is 1. The second-order valence-electron chi connectivity index (χ2n) is 8.22. The van der Waals surface area contributed by atoms with Crippen molar-refractivity contribution in [2.45, 2.75) is 26.6 Å². The van der Waals surface area contributed by atoms with E-state index in [2.05, 4.69) is 134 Å². The van der Waals surface area contributed by atoms with Gasteiger partial charge >= 0.3 is 0 Å². The lowest BCUT2D eigenvalue weighted by Gasteiger charge is -2.35. The van der Waals surface area contributed by atoms with Crippen LogP contribution in [0.5, 0.6) is 0 Å². The van der Waals surface area contributed by atoms with Crippen LogP contribution in [0.2, 0.25) is 0 Å². The topological polar surface area (TPSA) is 7.12 Å². The minimum atomic E-state index is -0.660. The molecule has 0 bridgehead atoms. The van der Waals surface area contributed by atoms with Gasteiger partial charge < -0.3 is 9.47 Å². The van der Waals surface area contributed by atoms with E-state index in [-0.39, 0.29) is 5.78 Å². The average Bonchev–Trinajstić information content (AvgIpc) is 3.14. The molecule has 0 aliphatic carbocycles. The van der Waals surface area contributed by atoms with E-state index in [1.54, 1.807) is 0 Å². The fourth-order valence-electron chi connectivity index (χ4n) is 4.76. The third-order valence-electron chi connectivity index (χ3n) is 5.91. The number of aromatic nitrogens is 1. The lowest BCUT2D eigenvalue weighted by molar-refractivity contribution is -0.630. The Bertz CT molecular complexity index is 1140. The Balaban J connectivity index is 1.74. The number of hydrogen-bond acceptors (Lipinski definition) is 1. The number of rotatable bonds is 4. The van der Waals surface area contributed by atoms with E-state index in [9.17, 15) is 0 Å². The number of hydrogen-bond donors (Lipinski definition) is 0. The average molecular weight is 423 g/mol. The quantitative estimate of drug-likeness (QED) is 0.239. The molecule has 0 radical (unpaired) electrons. The number of nitrogens with zero attached hydrogens (tertiary/aromatic N) is 2. The highest BCUT2D eigenvalue weighted by Crippen LogP contribution is 2.54. The van der Waals surface area contributed by atoms with Gasteiger partial charge in [0, 0.05) is 5.69 Å². The van der Waals surface area contributed by atoms with Crippen molar-refractivity contribution in [3.8, 4) is 0 Å². The summed E-state index contributed by atoms with van der Waals surface area (Å²) in [6.07, 6.45) is 2.17. The van der Waals surface area contributed by atoms with Gasteiger partial charge in [-0.3, -0.25) is 0 Å². The smallest absolute Gasteiger partial charge is 0.145 e. The van der Waals surface area contributed by atoms with Gasteiger partial charge in [-0.15, -0.1) is 0 Å². The fraction of sp³-hybridized carbons (Fsp3) is 0.143. The van der Waals surface area contributed by atoms with Crippen LogP contribution in [-0.4, -0.2) is 0 Å². The Labute approximate surface area is 186 Å². The molecular formula is C28H27N2P. The molecule has 0 N–H and O–H groups in total. The first-order valence-electron chi connectivity index (χ1n) is 10.7. The molecule has 1 unspecified atom stereocenters. The zero-order valence-corrected chi connectivity index (χ0v) is 19.1. The Morgan fingerprint density at radius 3 is 1.87 bits per heavy atom. The van der Waals surface area contributed by atoms with E-state index in [0.717, 1.165) is 0 Å². The van der Waals surface area contributed by atoms with Crippen LogP contribution in [0.15, 0.2) is 97.2 Å². The van der Waals surface area contributed by atoms with E-state index in [1.807, 2.05) is 0 Å². The SMILES string of the molecule is Cc1cc(C)c(N2[CH-][n+]3ccccc3C2P(c2ccccc2)c2ccccc2)c(C)c1. The summed E-state index contributed by atoms with van der Waals surface area (Å²) in [6.45, 7) is 8.94. The van der Waals surface area contributed by atoms with Crippen LogP contribution in [0.25, 0.3) is 0 Å². The first-order chi connectivity index (χ1) is 15.1. The highest BCUT2D eigenvalue weighted by atomic mass is 31.1. The standard InChI is InChI=1S/C28H27N2P/c1-21-18-22(2)27(23(3)19-21)30-20-29-17-11-10-16-26(29)28(30)31(24-12-6-4-7-13-24)25-14-8-5-9-15-25/h4-20,28H,1-3H3. The van der Waals surface area contributed by atoms with Gasteiger partial charge in [0.15, 0.2) is 0 Å². The third-order valence-corrected chi connectivity index (χ3v) is 8.62. The van der Waals surface area contributed by atoms with Gasteiger partial charge in [0.25, 0.3) is 0 Å². The van der Waals surface area contributed by atoms with Crippen molar-refractivity contribution in [2.24, 2.45) is 0 Å². The maximum Gasteiger partial charge on any atom is 0.145 e. The van der Waals surface area contributed by atoms with Gasteiger partial charge in [0.1, 0.15) is 12.4 Å². The molecule has 2 nitrogen and oxygen atoms in total. The van der Waals surface area contributed by atoms with Gasteiger partial charge in [0.2, 0.25) is 0 Å². The maximum atomic E-state index is 2.52. The fourth-order valence-corrected chi connectivity index (χ4v) is 7.52. The molecule has 154 valence electrons. The summed E-state index contributed by atoms with van der Waals surface area (Å²) in [5.41, 5.74) is 6.61. The van der Waals surface area contributed by atoms with Crippen molar-refractivity contribution in [1.82, 2.24) is 0 Å². The molecule has 3 heteroatoms. The Morgan fingerprint density at radius 1 is 0.742 bits per heavy atom. The molecule has 3 aromatic carbocycles. The van der Waals surface area contributed by atoms with Gasteiger partial charge in [-0.25, -0.2) is 0 Å². The summed E-state index contributed by atoms with van der Waals surface area (Å²) >= 11 is 0. The molecule has 1 aliphatic heterocycles. The Kier molecular flexibility index (Phi) is 5.26. The molecule has 5 rings (SSSR count). The maximum absolute atomic E-state index is 2.52. The molecule has 0 saturated heterocycles. The number of benzene rings is 3. The predicted octanol–water partition coefficient (Wildman–Crippen LogP) is 5.52. The van der Waals surface area contributed by atoms with Gasteiger partial charge in [-0.05, 0) is 56.5 Å². The summed E-state index contributed by atoms with van der Waals surface area (Å²) in [6, 6.07) is 33.2. The van der Waals surface area contributed by atoms with Crippen molar-refractivity contribution in [3.05, 3.63) is 126 Å². The summed E-state index contributed by atoms with van der Waals surface area (Å²) in [7, 11) is -0.660. The predicted molar refractivity (Wildman–Crippen MR) is 131 cm³/mol. The number of pyridine rings is 1. The van der Waals surface area contributed by atoms with Crippen LogP contribution in [-0.2, 0) is 0 Å². The molecular weight excluding hydrogens is 395 g/mol. The minimum absolute atomic E-state index is 0.223. The van der Waals surface area contributed by atoms with E-state index in [4.69, 9.17) is 0 Å². The van der Waals surface area contributed by atoms with Crippen molar-refractivity contribution in [2.75, 3.05) is 4.90 Å². The van der Waals surface area contributed by atoms with E-state index in [0.29, 0.717) is 0 Å². The zero-order chi connectivity index (χ0) is 21.4. The van der Waals surface area contributed by atoms with E-state index in [1.165, 1.54) is 38.7 Å². The Hall–Kier alpha value is -3.09. The number of anilines is 1. The van der Waals surface area contributed by atoms with Crippen molar-refractivity contribution < 1.29 is 4.57 Å². The van der Waals surface area contributed by atoms with Crippen molar-refractivity contribution in [1.29, 1.82) is 0 Å². The third kappa shape index (κ3) is 3.62. The van der Waals surface area contributed by atoms with Crippen LogP contribution in [0.4, 0.5) is 5.69 Å². The van der Waals surface area contributed by atoms with Gasteiger partial charge in [-0.2, -0.15) is 0 Å². The summed E-state index contributed by atoms with van der Waals surface area (Å²) in [5, 5.41) is 2.79. The molecule has 4 aromatic rings. The van der Waals surface area contributed by atoms with Crippen LogP contribution in [0, 0.1) is 27.4 Å². The second kappa shape index (κ2) is 8.21. The lowest BCUT2D eigenvalue weighted by atomic mass is 10.0. The van der Waals surface area contributed by atoms with Gasteiger partial charge in [0.05, 0.1) is 12.0 Å². The highest BCUT2D eigenvalue weighted by molar-refractivity contribution is 7.73. The minimum Gasteiger partial charge on any atom is -0.341 e. The lowest BCUT2D eigenvalue weighted by Crippen LogP contribution is -2.33. The molecule has 2 heterocycles. The Morgan fingerprint density at radius 2 is 1.29 bits per heavy atom. The molecule has 0 saturated carbocycles. The van der Waals surface area contributed by atoms with E-state index < -0.39 is 7.92 Å². The second-order valence-corrected chi connectivity index (χ2v) is 10.5. The first-order valence-corrected chi connectivity index (χ1v) is 12.1. The van der Waals surface area contributed by atoms with Crippen LogP contribution in [0.3, 0.4) is 0 Å². The van der Waals surface area contributed by atoms with Crippen LogP contribution >= 0.6 is 7.92 Å². The summed E-state index contributed by atoms with van der Waals surface area (Å²) in [5.74, 6) is 0.223. The highest BCUT2D eigenvalue weighted by Gasteiger charge is 2.39. The van der Waals surface area contributed by atoms with Gasteiger partial charge in [-0.1, -0.05) is 90.5 Å². The molecule has 1 aromatic heterocycles. The number of aryl methyl sites for hydroxylation is 3. The largest absolute Gasteiger partial charge is 0.341 e. The van der Waals surface area contributed by atoms with Crippen LogP contribution < -0.4 is 20.1 Å². The van der Waals surface area contributed by atoms with Crippen LogP contribution in [0.1, 0.15) is 28.2 Å². The molecule has 0 amide bonds. The normalized spacial score (nSPS) is 15.1. The van der Waals surface area contributed by atoms with Crippen molar-refractivity contribution >= 4 is 24.2 Å². The van der Waals surface area contributed by atoms with E-state index >= 15 is 0 Å². The first kappa shape index (κ1) is 19.8. The molecule has 0 fully saturated rings. The molecule has 1 aliphatic rings. The zero-order valence-electron chi connectivity index (χ0n) is 18.2. The molecule has 31 heavy (non-hydrogen) atoms. The molecule has 1 atom stereocenters. The summed E-state index contributed by atoms with van der Waals surface area (Å²) < 4.78 is 2.30.